The second kappa shape index (κ2) is 7.95. The number of hydrogen-bond acceptors (Lipinski definition) is 9. The van der Waals surface area contributed by atoms with E-state index in [1.54, 1.807) is 31.4 Å². The number of nitro groups is 1. The highest BCUT2D eigenvalue weighted by Gasteiger charge is 2.12. The Morgan fingerprint density at radius 1 is 1.33 bits per heavy atom. The Bertz CT molecular complexity index is 990. The Kier molecular flexibility index (Phi) is 5.26. The number of ether oxygens (including phenoxy) is 2. The maximum Gasteiger partial charge on any atom is 0.433 e. The second-order valence-corrected chi connectivity index (χ2v) is 5.12. The molecular weight excluding hydrogens is 358 g/mol. The lowest BCUT2D eigenvalue weighted by Gasteiger charge is -1.99. The third-order valence-corrected chi connectivity index (χ3v) is 3.31. The number of methoxy groups -OCH3 is 1. The van der Waals surface area contributed by atoms with E-state index in [1.165, 1.54) is 18.2 Å². The van der Waals surface area contributed by atoms with E-state index in [0.717, 1.165) is 6.08 Å². The van der Waals surface area contributed by atoms with Crippen LogP contribution in [0.2, 0.25) is 0 Å². The summed E-state index contributed by atoms with van der Waals surface area (Å²) in [6, 6.07) is 9.64. The first kappa shape index (κ1) is 17.9. The fourth-order valence-electron chi connectivity index (χ4n) is 2.05. The molecule has 2 aromatic heterocycles. The van der Waals surface area contributed by atoms with Gasteiger partial charge in [0.2, 0.25) is 5.82 Å². The van der Waals surface area contributed by atoms with Gasteiger partial charge in [0.25, 0.3) is 5.89 Å². The lowest BCUT2D eigenvalue weighted by molar-refractivity contribution is -0.402. The molecule has 27 heavy (non-hydrogen) atoms. The van der Waals surface area contributed by atoms with Gasteiger partial charge < -0.3 is 18.4 Å². The van der Waals surface area contributed by atoms with Crippen molar-refractivity contribution in [3.8, 4) is 17.1 Å². The van der Waals surface area contributed by atoms with E-state index in [1.807, 2.05) is 0 Å². The van der Waals surface area contributed by atoms with Crippen LogP contribution in [0.4, 0.5) is 5.88 Å². The van der Waals surface area contributed by atoms with Gasteiger partial charge >= 0.3 is 11.9 Å². The van der Waals surface area contributed by atoms with Crippen LogP contribution in [-0.4, -0.2) is 28.1 Å². The molecule has 0 unspecified atom stereocenters. The number of aromatic nitrogens is 2. The fraction of sp³-hybridized carbons (Fsp3) is 0.118. The number of nitrogens with zero attached hydrogens (tertiary/aromatic N) is 3. The molecule has 0 aliphatic carbocycles. The van der Waals surface area contributed by atoms with Crippen LogP contribution in [0.5, 0.6) is 5.75 Å². The topological polar surface area (TPSA) is 131 Å². The summed E-state index contributed by atoms with van der Waals surface area (Å²) in [6.45, 7) is -0.224. The van der Waals surface area contributed by atoms with Gasteiger partial charge in [-0.15, -0.1) is 0 Å². The van der Waals surface area contributed by atoms with Crippen molar-refractivity contribution in [2.24, 2.45) is 0 Å². The van der Waals surface area contributed by atoms with E-state index in [0.29, 0.717) is 17.1 Å². The smallest absolute Gasteiger partial charge is 0.433 e. The summed E-state index contributed by atoms with van der Waals surface area (Å²) < 4.78 is 20.0. The monoisotopic (exact) mass is 371 g/mol. The zero-order chi connectivity index (χ0) is 19.2. The van der Waals surface area contributed by atoms with Gasteiger partial charge in [0, 0.05) is 11.6 Å². The standard InChI is InChI=1S/C17H13N3O7/c1-24-13-4-2-3-11(9-13)17-18-14(27-19-17)10-25-16(21)8-6-12-5-7-15(26-12)20(22)23/h2-9H,10H2,1H3/b8-6+. The molecule has 0 saturated heterocycles. The summed E-state index contributed by atoms with van der Waals surface area (Å²) >= 11 is 0. The molecule has 10 nitrogen and oxygen atoms in total. The van der Waals surface area contributed by atoms with Crippen LogP contribution in [0.3, 0.4) is 0 Å². The number of rotatable bonds is 7. The number of carbonyl (C=O) groups is 1. The van der Waals surface area contributed by atoms with Crippen molar-refractivity contribution in [3.05, 3.63) is 64.2 Å². The van der Waals surface area contributed by atoms with Gasteiger partial charge in [-0.25, -0.2) is 4.79 Å². The molecule has 0 spiro atoms. The summed E-state index contributed by atoms with van der Waals surface area (Å²) in [7, 11) is 1.55. The molecule has 0 bridgehead atoms. The molecule has 0 N–H and O–H groups in total. The number of hydrogen-bond donors (Lipinski definition) is 0. The summed E-state index contributed by atoms with van der Waals surface area (Å²) in [6.07, 6.45) is 2.33. The van der Waals surface area contributed by atoms with E-state index in [2.05, 4.69) is 10.1 Å². The van der Waals surface area contributed by atoms with Crippen LogP contribution in [0.25, 0.3) is 17.5 Å². The zero-order valence-corrected chi connectivity index (χ0v) is 14.0. The van der Waals surface area contributed by atoms with Crippen molar-refractivity contribution in [3.63, 3.8) is 0 Å². The molecule has 138 valence electrons. The number of esters is 1. The van der Waals surface area contributed by atoms with Crippen molar-refractivity contribution >= 4 is 17.9 Å². The van der Waals surface area contributed by atoms with E-state index >= 15 is 0 Å². The molecule has 10 heteroatoms. The van der Waals surface area contributed by atoms with Gasteiger partial charge in [-0.3, -0.25) is 10.1 Å². The van der Waals surface area contributed by atoms with Gasteiger partial charge in [0.1, 0.15) is 16.4 Å². The summed E-state index contributed by atoms with van der Waals surface area (Å²) in [5.41, 5.74) is 0.690. The highest BCUT2D eigenvalue weighted by atomic mass is 16.6. The van der Waals surface area contributed by atoms with Crippen molar-refractivity contribution in [1.82, 2.24) is 10.1 Å². The van der Waals surface area contributed by atoms with E-state index in [4.69, 9.17) is 18.4 Å². The first-order valence-electron chi connectivity index (χ1n) is 7.61. The molecule has 0 fully saturated rings. The summed E-state index contributed by atoms with van der Waals surface area (Å²) in [5, 5.41) is 14.3. The minimum Gasteiger partial charge on any atom is -0.497 e. The van der Waals surface area contributed by atoms with Crippen molar-refractivity contribution in [1.29, 1.82) is 0 Å². The quantitative estimate of drug-likeness (QED) is 0.266. The summed E-state index contributed by atoms with van der Waals surface area (Å²) in [4.78, 5) is 25.7. The maximum absolute atomic E-state index is 11.7. The van der Waals surface area contributed by atoms with Gasteiger partial charge in [0.15, 0.2) is 6.61 Å². The zero-order valence-electron chi connectivity index (χ0n) is 14.0. The van der Waals surface area contributed by atoms with E-state index < -0.39 is 16.8 Å². The van der Waals surface area contributed by atoms with Gasteiger partial charge in [-0.1, -0.05) is 17.3 Å². The molecule has 3 aromatic rings. The number of furan rings is 1. The Hall–Kier alpha value is -3.95. The lowest BCUT2D eigenvalue weighted by atomic mass is 10.2. The van der Waals surface area contributed by atoms with Crippen molar-refractivity contribution in [2.75, 3.05) is 7.11 Å². The lowest BCUT2D eigenvalue weighted by Crippen LogP contribution is -2.00. The Labute approximate surface area is 152 Å². The van der Waals surface area contributed by atoms with E-state index in [9.17, 15) is 14.9 Å². The third-order valence-electron chi connectivity index (χ3n) is 3.31. The molecule has 0 radical (unpaired) electrons. The first-order chi connectivity index (χ1) is 13.0. The van der Waals surface area contributed by atoms with Crippen molar-refractivity contribution < 1.29 is 28.1 Å². The Balaban J connectivity index is 1.56. The molecular formula is C17H13N3O7. The average molecular weight is 371 g/mol. The maximum atomic E-state index is 11.7. The first-order valence-corrected chi connectivity index (χ1v) is 7.61. The van der Waals surface area contributed by atoms with Crippen LogP contribution in [-0.2, 0) is 16.1 Å². The van der Waals surface area contributed by atoms with Gasteiger partial charge in [-0.05, 0) is 24.3 Å². The molecule has 0 aliphatic rings. The van der Waals surface area contributed by atoms with Gasteiger partial charge in [0.05, 0.1) is 13.2 Å². The second-order valence-electron chi connectivity index (χ2n) is 5.12. The molecule has 0 aliphatic heterocycles. The normalized spacial score (nSPS) is 10.9. The van der Waals surface area contributed by atoms with Crippen LogP contribution < -0.4 is 4.74 Å². The predicted octanol–water partition coefficient (Wildman–Crippen LogP) is 3.00. The Morgan fingerprint density at radius 2 is 2.19 bits per heavy atom. The van der Waals surface area contributed by atoms with Crippen LogP contribution in [0.1, 0.15) is 11.7 Å². The minimum atomic E-state index is -0.699. The van der Waals surface area contributed by atoms with Crippen molar-refractivity contribution in [2.45, 2.75) is 6.61 Å². The highest BCUT2D eigenvalue weighted by Crippen LogP contribution is 2.21. The average Bonchev–Trinajstić information content (AvgIpc) is 3.34. The van der Waals surface area contributed by atoms with Crippen LogP contribution in [0.15, 0.2) is 51.4 Å². The molecule has 0 amide bonds. The molecule has 2 heterocycles. The van der Waals surface area contributed by atoms with Crippen LogP contribution >= 0.6 is 0 Å². The number of benzene rings is 1. The third kappa shape index (κ3) is 4.57. The predicted molar refractivity (Wildman–Crippen MR) is 90.5 cm³/mol. The van der Waals surface area contributed by atoms with Crippen LogP contribution in [0, 0.1) is 10.1 Å². The molecule has 0 atom stereocenters. The largest absolute Gasteiger partial charge is 0.497 e. The molecule has 0 saturated carbocycles. The summed E-state index contributed by atoms with van der Waals surface area (Å²) in [5.74, 6) is 0.126. The SMILES string of the molecule is COc1cccc(-c2noc(COC(=O)/C=C/c3ccc([N+](=O)[O-])o3)n2)c1. The minimum absolute atomic E-state index is 0.114. The fourth-order valence-corrected chi connectivity index (χ4v) is 2.05. The molecule has 3 rings (SSSR count). The Morgan fingerprint density at radius 3 is 2.93 bits per heavy atom. The number of carbonyl (C=O) groups excluding carboxylic acids is 1. The molecule has 1 aromatic carbocycles. The highest BCUT2D eigenvalue weighted by molar-refractivity contribution is 5.86. The van der Waals surface area contributed by atoms with Gasteiger partial charge in [-0.2, -0.15) is 4.98 Å². The van der Waals surface area contributed by atoms with E-state index in [-0.39, 0.29) is 18.3 Å².